The first-order valence-corrected chi connectivity index (χ1v) is 8.32. The molecule has 0 fully saturated rings. The molecule has 1 amide bonds. The summed E-state index contributed by atoms with van der Waals surface area (Å²) in [5.74, 6) is -0.399. The number of amides is 1. The van der Waals surface area contributed by atoms with Gasteiger partial charge in [0.15, 0.2) is 0 Å². The van der Waals surface area contributed by atoms with E-state index in [1.807, 2.05) is 6.07 Å². The number of ether oxygens (including phenoxy) is 1. The topological polar surface area (TPSA) is 75.0 Å². The largest absolute Gasteiger partial charge is 0.573 e. The van der Waals surface area contributed by atoms with Gasteiger partial charge in [-0.15, -0.1) is 13.2 Å². The number of aryl methyl sites for hydroxylation is 1. The van der Waals surface area contributed by atoms with E-state index in [4.69, 9.17) is 5.26 Å². The predicted molar refractivity (Wildman–Crippen MR) is 92.9 cm³/mol. The number of hydrogen-bond acceptors (Lipinski definition) is 4. The van der Waals surface area contributed by atoms with Crippen LogP contribution < -0.4 is 10.1 Å². The number of nitrogens with zero attached hydrogens (tertiary/aromatic N) is 2. The highest BCUT2D eigenvalue weighted by Gasteiger charge is 2.31. The quantitative estimate of drug-likeness (QED) is 0.692. The summed E-state index contributed by atoms with van der Waals surface area (Å²) in [5, 5.41) is 11.1. The van der Waals surface area contributed by atoms with Crippen LogP contribution >= 0.6 is 0 Å². The molecule has 142 valence electrons. The summed E-state index contributed by atoms with van der Waals surface area (Å²) in [6, 6.07) is 10.9. The van der Waals surface area contributed by atoms with E-state index in [1.165, 1.54) is 18.2 Å². The fourth-order valence-electron chi connectivity index (χ4n) is 2.40. The Balaban J connectivity index is 1.87. The number of halogens is 3. The number of aromatic nitrogens is 1. The number of benzene rings is 1. The summed E-state index contributed by atoms with van der Waals surface area (Å²) in [4.78, 5) is 16.2. The van der Waals surface area contributed by atoms with Crippen LogP contribution in [0.1, 0.15) is 30.4 Å². The minimum atomic E-state index is -4.78. The van der Waals surface area contributed by atoms with E-state index in [2.05, 4.69) is 21.1 Å². The van der Waals surface area contributed by atoms with Crippen molar-refractivity contribution in [1.29, 1.82) is 5.26 Å². The molecule has 27 heavy (non-hydrogen) atoms. The van der Waals surface area contributed by atoms with Crippen LogP contribution in [0.3, 0.4) is 0 Å². The second-order valence-corrected chi connectivity index (χ2v) is 5.84. The van der Waals surface area contributed by atoms with Crippen LogP contribution in [0.15, 0.2) is 42.6 Å². The first-order chi connectivity index (χ1) is 12.9. The van der Waals surface area contributed by atoms with Crippen LogP contribution in [-0.4, -0.2) is 17.3 Å². The van der Waals surface area contributed by atoms with Gasteiger partial charge in [-0.2, -0.15) is 5.26 Å². The lowest BCUT2D eigenvalue weighted by Crippen LogP contribution is -2.18. The van der Waals surface area contributed by atoms with Crippen LogP contribution in [0, 0.1) is 11.3 Å². The van der Waals surface area contributed by atoms with E-state index in [1.54, 1.807) is 18.3 Å². The van der Waals surface area contributed by atoms with E-state index >= 15 is 0 Å². The van der Waals surface area contributed by atoms with Crippen molar-refractivity contribution < 1.29 is 22.7 Å². The zero-order valence-corrected chi connectivity index (χ0v) is 14.4. The summed E-state index contributed by atoms with van der Waals surface area (Å²) in [5.41, 5.74) is 1.39. The lowest BCUT2D eigenvalue weighted by atomic mass is 10.1. The number of rotatable bonds is 8. The molecular formula is C19H18F3N3O2. The molecule has 0 aliphatic carbocycles. The standard InChI is InChI=1S/C19H18F3N3O2/c20-19(21,22)27-16-7-4-6-15(11-16)12-18(26)25-17-9-8-14(13-24-17)5-2-1-3-10-23/h4,6-9,11,13H,1-3,5,12H2,(H,24,25,26). The molecule has 0 radical (unpaired) electrons. The average Bonchev–Trinajstić information content (AvgIpc) is 2.59. The first-order valence-electron chi connectivity index (χ1n) is 8.32. The lowest BCUT2D eigenvalue weighted by Gasteiger charge is -2.10. The average molecular weight is 377 g/mol. The minimum absolute atomic E-state index is 0.105. The molecule has 2 aromatic rings. The fraction of sp³-hybridized carbons (Fsp3) is 0.316. The van der Waals surface area contributed by atoms with Gasteiger partial charge in [0.2, 0.25) is 5.91 Å². The third-order valence-corrected chi connectivity index (χ3v) is 3.59. The summed E-state index contributed by atoms with van der Waals surface area (Å²) in [7, 11) is 0. The molecule has 5 nitrogen and oxygen atoms in total. The Hall–Kier alpha value is -3.08. The van der Waals surface area contributed by atoms with Gasteiger partial charge in [-0.1, -0.05) is 18.2 Å². The Bertz CT molecular complexity index is 799. The Morgan fingerprint density at radius 3 is 2.67 bits per heavy atom. The molecule has 8 heteroatoms. The molecule has 1 heterocycles. The third kappa shape index (κ3) is 7.77. The molecule has 0 saturated heterocycles. The molecule has 0 atom stereocenters. The van der Waals surface area contributed by atoms with Gasteiger partial charge < -0.3 is 10.1 Å². The van der Waals surface area contributed by atoms with Gasteiger partial charge in [-0.05, 0) is 48.6 Å². The SMILES string of the molecule is N#CCCCCc1ccc(NC(=O)Cc2cccc(OC(F)(F)F)c2)nc1. The van der Waals surface area contributed by atoms with Crippen LogP contribution in [-0.2, 0) is 17.6 Å². The van der Waals surface area contributed by atoms with Gasteiger partial charge in [0.25, 0.3) is 0 Å². The second kappa shape index (κ2) is 9.57. The molecule has 0 aliphatic rings. The van der Waals surface area contributed by atoms with Gasteiger partial charge in [-0.3, -0.25) is 4.79 Å². The van der Waals surface area contributed by atoms with E-state index in [0.29, 0.717) is 17.8 Å². The van der Waals surface area contributed by atoms with Crippen LogP contribution in [0.2, 0.25) is 0 Å². The van der Waals surface area contributed by atoms with E-state index in [0.717, 1.165) is 24.8 Å². The highest BCUT2D eigenvalue weighted by atomic mass is 19.4. The van der Waals surface area contributed by atoms with Crippen molar-refractivity contribution >= 4 is 11.7 Å². The van der Waals surface area contributed by atoms with Crippen molar-refractivity contribution in [2.24, 2.45) is 0 Å². The van der Waals surface area contributed by atoms with Crippen molar-refractivity contribution in [3.63, 3.8) is 0 Å². The number of carbonyl (C=O) groups is 1. The molecule has 0 spiro atoms. The normalized spacial score (nSPS) is 10.9. The summed E-state index contributed by atoms with van der Waals surface area (Å²) < 4.78 is 40.6. The number of nitrogens with one attached hydrogen (secondary N) is 1. The van der Waals surface area contributed by atoms with Crippen LogP contribution in [0.5, 0.6) is 5.75 Å². The van der Waals surface area contributed by atoms with E-state index in [-0.39, 0.29) is 12.2 Å². The second-order valence-electron chi connectivity index (χ2n) is 5.84. The number of carbonyl (C=O) groups excluding carboxylic acids is 1. The lowest BCUT2D eigenvalue weighted by molar-refractivity contribution is -0.274. The molecule has 1 aromatic heterocycles. The number of nitriles is 1. The predicted octanol–water partition coefficient (Wildman–Crippen LogP) is 4.40. The molecule has 0 saturated carbocycles. The van der Waals surface area contributed by atoms with E-state index < -0.39 is 12.3 Å². The van der Waals surface area contributed by atoms with Crippen LogP contribution in [0.25, 0.3) is 0 Å². The van der Waals surface area contributed by atoms with Gasteiger partial charge in [0.05, 0.1) is 12.5 Å². The molecular weight excluding hydrogens is 359 g/mol. The van der Waals surface area contributed by atoms with Crippen molar-refractivity contribution in [3.05, 3.63) is 53.7 Å². The smallest absolute Gasteiger partial charge is 0.406 e. The van der Waals surface area contributed by atoms with Gasteiger partial charge in [-0.25, -0.2) is 4.98 Å². The van der Waals surface area contributed by atoms with Gasteiger partial charge in [0.1, 0.15) is 11.6 Å². The number of unbranched alkanes of at least 4 members (excludes halogenated alkanes) is 2. The third-order valence-electron chi connectivity index (χ3n) is 3.59. The number of anilines is 1. The van der Waals surface area contributed by atoms with Crippen molar-refractivity contribution in [2.45, 2.75) is 38.5 Å². The van der Waals surface area contributed by atoms with Gasteiger partial charge in [0, 0.05) is 12.6 Å². The summed E-state index contributed by atoms with van der Waals surface area (Å²) in [6.45, 7) is 0. The molecule has 0 unspecified atom stereocenters. The molecule has 0 bridgehead atoms. The summed E-state index contributed by atoms with van der Waals surface area (Å²) in [6.07, 6.45) is -0.192. The zero-order valence-electron chi connectivity index (χ0n) is 14.4. The maximum atomic E-state index is 12.2. The maximum absolute atomic E-state index is 12.2. The Morgan fingerprint density at radius 1 is 1.19 bits per heavy atom. The van der Waals surface area contributed by atoms with Crippen molar-refractivity contribution in [2.75, 3.05) is 5.32 Å². The van der Waals surface area contributed by atoms with Crippen molar-refractivity contribution in [3.8, 4) is 11.8 Å². The number of hydrogen-bond donors (Lipinski definition) is 1. The Labute approximate surface area is 154 Å². The maximum Gasteiger partial charge on any atom is 0.573 e. The number of pyridine rings is 1. The highest BCUT2D eigenvalue weighted by Crippen LogP contribution is 2.23. The van der Waals surface area contributed by atoms with Crippen molar-refractivity contribution in [1.82, 2.24) is 4.98 Å². The fourth-order valence-corrected chi connectivity index (χ4v) is 2.40. The molecule has 2 rings (SSSR count). The van der Waals surface area contributed by atoms with Gasteiger partial charge >= 0.3 is 6.36 Å². The molecule has 1 aromatic carbocycles. The monoisotopic (exact) mass is 377 g/mol. The Morgan fingerprint density at radius 2 is 2.00 bits per heavy atom. The molecule has 0 aliphatic heterocycles. The minimum Gasteiger partial charge on any atom is -0.406 e. The Kier molecular flexibility index (Phi) is 7.17. The highest BCUT2D eigenvalue weighted by molar-refractivity contribution is 5.91. The molecule has 1 N–H and O–H groups in total. The number of alkyl halides is 3. The van der Waals surface area contributed by atoms with Crippen LogP contribution in [0.4, 0.5) is 19.0 Å². The zero-order chi connectivity index (χ0) is 19.7. The van der Waals surface area contributed by atoms with E-state index in [9.17, 15) is 18.0 Å². The summed E-state index contributed by atoms with van der Waals surface area (Å²) >= 11 is 0. The first kappa shape index (κ1) is 20.2.